The van der Waals surface area contributed by atoms with Crippen LogP contribution in [-0.2, 0) is 6.67 Å². The molecule has 0 bridgehead atoms. The van der Waals surface area contributed by atoms with Gasteiger partial charge in [0.2, 0.25) is 0 Å². The molecular formula is C20H23N7O. The van der Waals surface area contributed by atoms with E-state index in [-0.39, 0.29) is 12.2 Å². The third-order valence-electron chi connectivity index (χ3n) is 4.73. The molecule has 144 valence electrons. The Morgan fingerprint density at radius 1 is 1.29 bits per heavy atom. The zero-order valence-electron chi connectivity index (χ0n) is 15.6. The Kier molecular flexibility index (Phi) is 5.29. The standard InChI is InChI=1S/C20H23N7O/c1-2-3-4-5-8-22-14-27-20(28)15-13-23-16-6-7-17(24-19(16)18(15)25-27)26-11-9-21-10-12-26/h2-4,6-8,13,21,25H,1,5,9-12,14H2/b4-3-,22-8-. The van der Waals surface area contributed by atoms with Crippen molar-refractivity contribution in [2.75, 3.05) is 31.1 Å². The fraction of sp³-hybridized carbons (Fsp3) is 0.300. The van der Waals surface area contributed by atoms with Gasteiger partial charge in [0.15, 0.2) is 0 Å². The molecule has 2 N–H and O–H groups in total. The van der Waals surface area contributed by atoms with E-state index < -0.39 is 0 Å². The second-order valence-corrected chi connectivity index (χ2v) is 6.57. The molecule has 1 saturated heterocycles. The number of nitrogens with zero attached hydrogens (tertiary/aromatic N) is 5. The van der Waals surface area contributed by atoms with Gasteiger partial charge in [0, 0.05) is 45.0 Å². The van der Waals surface area contributed by atoms with Crippen molar-refractivity contribution in [3.63, 3.8) is 0 Å². The van der Waals surface area contributed by atoms with Gasteiger partial charge in [-0.15, -0.1) is 0 Å². The van der Waals surface area contributed by atoms with Gasteiger partial charge in [-0.25, -0.2) is 9.67 Å². The van der Waals surface area contributed by atoms with Crippen LogP contribution in [0.2, 0.25) is 0 Å². The third kappa shape index (κ3) is 3.59. The minimum absolute atomic E-state index is 0.141. The van der Waals surface area contributed by atoms with Crippen LogP contribution in [0.15, 0.2) is 52.9 Å². The summed E-state index contributed by atoms with van der Waals surface area (Å²) in [5.41, 5.74) is 2.03. The number of piperazine rings is 1. The first-order valence-corrected chi connectivity index (χ1v) is 9.37. The number of nitrogens with one attached hydrogen (secondary N) is 2. The molecule has 4 rings (SSSR count). The van der Waals surface area contributed by atoms with Crippen LogP contribution < -0.4 is 15.8 Å². The number of hydrogen-bond acceptors (Lipinski definition) is 6. The van der Waals surface area contributed by atoms with E-state index in [1.807, 2.05) is 24.3 Å². The number of hydrogen-bond donors (Lipinski definition) is 2. The molecule has 0 unspecified atom stereocenters. The van der Waals surface area contributed by atoms with E-state index in [1.54, 1.807) is 18.5 Å². The van der Waals surface area contributed by atoms with Crippen LogP contribution in [0.1, 0.15) is 6.42 Å². The van der Waals surface area contributed by atoms with Crippen molar-refractivity contribution >= 4 is 34.0 Å². The lowest BCUT2D eigenvalue weighted by molar-refractivity contribution is 0.585. The number of rotatable bonds is 6. The number of fused-ring (bicyclic) bond motifs is 3. The van der Waals surface area contributed by atoms with Gasteiger partial charge in [-0.3, -0.25) is 19.9 Å². The Bertz CT molecular complexity index is 1100. The van der Waals surface area contributed by atoms with Crippen molar-refractivity contribution in [3.05, 3.63) is 53.5 Å². The number of pyridine rings is 2. The van der Waals surface area contributed by atoms with E-state index in [0.29, 0.717) is 22.8 Å². The lowest BCUT2D eigenvalue weighted by atomic mass is 10.2. The topological polar surface area (TPSA) is 91.2 Å². The third-order valence-corrected chi connectivity index (χ3v) is 4.73. The van der Waals surface area contributed by atoms with E-state index in [2.05, 4.69) is 31.9 Å². The normalized spacial score (nSPS) is 15.4. The number of H-pyrrole nitrogens is 1. The fourth-order valence-corrected chi connectivity index (χ4v) is 3.28. The Labute approximate surface area is 162 Å². The molecule has 0 saturated carbocycles. The molecule has 1 aliphatic rings. The van der Waals surface area contributed by atoms with Crippen molar-refractivity contribution in [1.29, 1.82) is 0 Å². The highest BCUT2D eigenvalue weighted by Crippen LogP contribution is 2.22. The molecule has 4 heterocycles. The van der Waals surface area contributed by atoms with E-state index in [1.165, 1.54) is 4.68 Å². The maximum atomic E-state index is 12.7. The van der Waals surface area contributed by atoms with Gasteiger partial charge in [-0.1, -0.05) is 24.8 Å². The summed E-state index contributed by atoms with van der Waals surface area (Å²) in [7, 11) is 0. The number of aromatic amines is 1. The quantitative estimate of drug-likeness (QED) is 0.505. The number of allylic oxidation sites excluding steroid dienone is 3. The van der Waals surface area contributed by atoms with Crippen LogP contribution in [-0.4, -0.2) is 52.1 Å². The molecule has 0 amide bonds. The first-order chi connectivity index (χ1) is 13.8. The van der Waals surface area contributed by atoms with Crippen LogP contribution in [0.4, 0.5) is 5.82 Å². The van der Waals surface area contributed by atoms with Crippen molar-refractivity contribution in [1.82, 2.24) is 25.1 Å². The zero-order valence-corrected chi connectivity index (χ0v) is 15.6. The highest BCUT2D eigenvalue weighted by Gasteiger charge is 2.15. The van der Waals surface area contributed by atoms with Crippen molar-refractivity contribution < 1.29 is 0 Å². The molecule has 1 aliphatic heterocycles. The minimum atomic E-state index is -0.141. The Balaban J connectivity index is 1.67. The second kappa shape index (κ2) is 8.18. The molecule has 8 heteroatoms. The predicted octanol–water partition coefficient (Wildman–Crippen LogP) is 1.84. The maximum absolute atomic E-state index is 12.7. The zero-order chi connectivity index (χ0) is 19.3. The summed E-state index contributed by atoms with van der Waals surface area (Å²) in [6.07, 6.45) is 9.60. The van der Waals surface area contributed by atoms with Crippen molar-refractivity contribution in [2.45, 2.75) is 13.1 Å². The monoisotopic (exact) mass is 377 g/mol. The van der Waals surface area contributed by atoms with Crippen LogP contribution in [0.25, 0.3) is 21.9 Å². The second-order valence-electron chi connectivity index (χ2n) is 6.57. The summed E-state index contributed by atoms with van der Waals surface area (Å²) in [6.45, 7) is 7.56. The van der Waals surface area contributed by atoms with Gasteiger partial charge in [0.05, 0.1) is 16.4 Å². The SMILES string of the molecule is C=C/C=C\C/C=N\Cn1[nH]c2c(cnc3ccc(N4CCNCC4)nc32)c1=O. The highest BCUT2D eigenvalue weighted by molar-refractivity contribution is 6.00. The molecule has 3 aromatic rings. The van der Waals surface area contributed by atoms with Crippen LogP contribution in [0.5, 0.6) is 0 Å². The van der Waals surface area contributed by atoms with Gasteiger partial charge >= 0.3 is 0 Å². The van der Waals surface area contributed by atoms with Gasteiger partial charge in [0.1, 0.15) is 18.0 Å². The van der Waals surface area contributed by atoms with Crippen molar-refractivity contribution in [3.8, 4) is 0 Å². The maximum Gasteiger partial charge on any atom is 0.277 e. The molecule has 1 fully saturated rings. The smallest absolute Gasteiger partial charge is 0.277 e. The van der Waals surface area contributed by atoms with E-state index in [4.69, 9.17) is 4.98 Å². The van der Waals surface area contributed by atoms with Crippen LogP contribution >= 0.6 is 0 Å². The van der Waals surface area contributed by atoms with Gasteiger partial charge in [-0.05, 0) is 12.1 Å². The summed E-state index contributed by atoms with van der Waals surface area (Å²) in [6, 6.07) is 3.95. The molecule has 0 aromatic carbocycles. The molecule has 3 aromatic heterocycles. The molecule has 28 heavy (non-hydrogen) atoms. The largest absolute Gasteiger partial charge is 0.354 e. The molecule has 0 radical (unpaired) electrons. The molecule has 8 nitrogen and oxygen atoms in total. The minimum Gasteiger partial charge on any atom is -0.354 e. The number of anilines is 1. The van der Waals surface area contributed by atoms with Gasteiger partial charge < -0.3 is 10.2 Å². The average molecular weight is 377 g/mol. The molecule has 0 spiro atoms. The Morgan fingerprint density at radius 2 is 2.14 bits per heavy atom. The fourth-order valence-electron chi connectivity index (χ4n) is 3.28. The number of aliphatic imine (C=N–C) groups is 1. The first kappa shape index (κ1) is 18.1. The molecular weight excluding hydrogens is 354 g/mol. The average Bonchev–Trinajstić information content (AvgIpc) is 3.07. The predicted molar refractivity (Wildman–Crippen MR) is 113 cm³/mol. The lowest BCUT2D eigenvalue weighted by Gasteiger charge is -2.28. The Hall–Kier alpha value is -3.26. The summed E-state index contributed by atoms with van der Waals surface area (Å²) < 4.78 is 1.48. The summed E-state index contributed by atoms with van der Waals surface area (Å²) in [5.74, 6) is 0.906. The molecule has 0 atom stereocenters. The Morgan fingerprint density at radius 3 is 2.96 bits per heavy atom. The highest BCUT2D eigenvalue weighted by atomic mass is 16.1. The van der Waals surface area contributed by atoms with Gasteiger partial charge in [-0.2, -0.15) is 0 Å². The van der Waals surface area contributed by atoms with Gasteiger partial charge in [0.25, 0.3) is 5.56 Å². The summed E-state index contributed by atoms with van der Waals surface area (Å²) >= 11 is 0. The van der Waals surface area contributed by atoms with Crippen LogP contribution in [0.3, 0.4) is 0 Å². The van der Waals surface area contributed by atoms with Crippen molar-refractivity contribution in [2.24, 2.45) is 4.99 Å². The van der Waals surface area contributed by atoms with E-state index >= 15 is 0 Å². The summed E-state index contributed by atoms with van der Waals surface area (Å²) in [4.78, 5) is 28.4. The van der Waals surface area contributed by atoms with E-state index in [9.17, 15) is 4.79 Å². The summed E-state index contributed by atoms with van der Waals surface area (Å²) in [5, 5.41) is 7.03. The number of aromatic nitrogens is 4. The van der Waals surface area contributed by atoms with Crippen LogP contribution in [0, 0.1) is 0 Å². The van der Waals surface area contributed by atoms with E-state index in [0.717, 1.165) is 37.5 Å². The molecule has 0 aliphatic carbocycles. The first-order valence-electron chi connectivity index (χ1n) is 9.37. The lowest BCUT2D eigenvalue weighted by Crippen LogP contribution is -2.43.